The van der Waals surface area contributed by atoms with Gasteiger partial charge in [-0.05, 0) is 13.0 Å². The second-order valence-corrected chi connectivity index (χ2v) is 3.63. The van der Waals surface area contributed by atoms with Gasteiger partial charge in [0.1, 0.15) is 18.5 Å². The lowest BCUT2D eigenvalue weighted by atomic mass is 10.1. The molecule has 4 heteroatoms. The highest BCUT2D eigenvalue weighted by Crippen LogP contribution is 2.24. The maximum atomic E-state index is 9.51. The molecule has 0 heterocycles. The van der Waals surface area contributed by atoms with Crippen LogP contribution in [0.2, 0.25) is 0 Å². The molecule has 0 saturated carbocycles. The molecule has 1 rings (SSSR count). The number of hydrogen-bond acceptors (Lipinski definition) is 4. The van der Waals surface area contributed by atoms with E-state index >= 15 is 0 Å². The number of rotatable bonds is 6. The van der Waals surface area contributed by atoms with Gasteiger partial charge in [-0.2, -0.15) is 0 Å². The van der Waals surface area contributed by atoms with Crippen molar-refractivity contribution in [2.75, 3.05) is 20.3 Å². The van der Waals surface area contributed by atoms with Crippen LogP contribution in [-0.2, 0) is 4.74 Å². The Kier molecular flexibility index (Phi) is 5.25. The third-order valence-electron chi connectivity index (χ3n) is 2.16. The van der Waals surface area contributed by atoms with Crippen molar-refractivity contribution < 1.29 is 19.7 Å². The number of para-hydroxylation sites is 1. The summed E-state index contributed by atoms with van der Waals surface area (Å²) in [7, 11) is 1.52. The standard InChI is InChI=1S/C12H18O4/c1-9(13)11-5-3-4-6-12(11)16-8-10(14)7-15-2/h3-6,9-10,13-14H,7-8H2,1-2H3/t9-,10?/m0/s1. The molecule has 0 aliphatic rings. The van der Waals surface area contributed by atoms with Gasteiger partial charge in [0.05, 0.1) is 12.7 Å². The van der Waals surface area contributed by atoms with Crippen LogP contribution in [0.25, 0.3) is 0 Å². The van der Waals surface area contributed by atoms with Crippen LogP contribution >= 0.6 is 0 Å². The molecular formula is C12H18O4. The molecule has 0 aliphatic heterocycles. The highest BCUT2D eigenvalue weighted by atomic mass is 16.5. The molecule has 0 aromatic heterocycles. The molecule has 2 atom stereocenters. The highest BCUT2D eigenvalue weighted by Gasteiger charge is 2.10. The van der Waals surface area contributed by atoms with Gasteiger partial charge in [0.15, 0.2) is 0 Å². The summed E-state index contributed by atoms with van der Waals surface area (Å²) in [6.07, 6.45) is -1.25. The van der Waals surface area contributed by atoms with E-state index in [0.29, 0.717) is 11.3 Å². The van der Waals surface area contributed by atoms with Gasteiger partial charge >= 0.3 is 0 Å². The van der Waals surface area contributed by atoms with Crippen LogP contribution in [0.4, 0.5) is 0 Å². The van der Waals surface area contributed by atoms with Crippen molar-refractivity contribution >= 4 is 0 Å². The zero-order chi connectivity index (χ0) is 12.0. The summed E-state index contributed by atoms with van der Waals surface area (Å²) in [4.78, 5) is 0. The molecule has 0 bridgehead atoms. The van der Waals surface area contributed by atoms with Crippen LogP contribution in [0.15, 0.2) is 24.3 Å². The van der Waals surface area contributed by atoms with E-state index in [2.05, 4.69) is 0 Å². The summed E-state index contributed by atoms with van der Waals surface area (Å²) >= 11 is 0. The van der Waals surface area contributed by atoms with Crippen molar-refractivity contribution in [1.82, 2.24) is 0 Å². The Labute approximate surface area is 95.4 Å². The molecule has 0 amide bonds. The summed E-state index contributed by atoms with van der Waals surface area (Å²) in [5.74, 6) is 0.590. The van der Waals surface area contributed by atoms with E-state index in [4.69, 9.17) is 9.47 Å². The normalized spacial score (nSPS) is 14.5. The van der Waals surface area contributed by atoms with Gasteiger partial charge in [0.25, 0.3) is 0 Å². The van der Waals surface area contributed by atoms with Crippen molar-refractivity contribution in [3.8, 4) is 5.75 Å². The zero-order valence-corrected chi connectivity index (χ0v) is 9.59. The second-order valence-electron chi connectivity index (χ2n) is 3.63. The smallest absolute Gasteiger partial charge is 0.125 e. The van der Waals surface area contributed by atoms with Gasteiger partial charge in [-0.25, -0.2) is 0 Å². The Hall–Kier alpha value is -1.10. The molecule has 0 spiro atoms. The van der Waals surface area contributed by atoms with Crippen molar-refractivity contribution in [2.45, 2.75) is 19.1 Å². The molecule has 16 heavy (non-hydrogen) atoms. The molecule has 2 N–H and O–H groups in total. The topological polar surface area (TPSA) is 58.9 Å². The molecule has 0 fully saturated rings. The summed E-state index contributed by atoms with van der Waals surface area (Å²) in [5, 5.41) is 18.9. The van der Waals surface area contributed by atoms with Gasteiger partial charge in [0.2, 0.25) is 0 Å². The maximum absolute atomic E-state index is 9.51. The molecule has 0 aliphatic carbocycles. The minimum Gasteiger partial charge on any atom is -0.490 e. The van der Waals surface area contributed by atoms with E-state index in [-0.39, 0.29) is 13.2 Å². The van der Waals surface area contributed by atoms with Gasteiger partial charge < -0.3 is 19.7 Å². The first-order valence-electron chi connectivity index (χ1n) is 5.22. The second kappa shape index (κ2) is 6.48. The van der Waals surface area contributed by atoms with Crippen LogP contribution in [0.5, 0.6) is 5.75 Å². The predicted octanol–water partition coefficient (Wildman–Crippen LogP) is 1.13. The van der Waals surface area contributed by atoms with Gasteiger partial charge in [-0.1, -0.05) is 18.2 Å². The van der Waals surface area contributed by atoms with E-state index < -0.39 is 12.2 Å². The highest BCUT2D eigenvalue weighted by molar-refractivity contribution is 5.34. The Morgan fingerprint density at radius 2 is 1.88 bits per heavy atom. The van der Waals surface area contributed by atoms with Crippen LogP contribution in [0.3, 0.4) is 0 Å². The van der Waals surface area contributed by atoms with E-state index in [1.54, 1.807) is 19.1 Å². The average Bonchev–Trinajstić information content (AvgIpc) is 2.27. The average molecular weight is 226 g/mol. The van der Waals surface area contributed by atoms with E-state index in [1.165, 1.54) is 7.11 Å². The Balaban J connectivity index is 2.59. The fourth-order valence-corrected chi connectivity index (χ4v) is 1.38. The number of methoxy groups -OCH3 is 1. The first-order chi connectivity index (χ1) is 7.65. The van der Waals surface area contributed by atoms with Crippen molar-refractivity contribution in [2.24, 2.45) is 0 Å². The fourth-order valence-electron chi connectivity index (χ4n) is 1.38. The lowest BCUT2D eigenvalue weighted by Gasteiger charge is -2.15. The minimum atomic E-state index is -0.660. The van der Waals surface area contributed by atoms with E-state index in [1.807, 2.05) is 12.1 Å². The monoisotopic (exact) mass is 226 g/mol. The number of aliphatic hydroxyl groups is 2. The van der Waals surface area contributed by atoms with E-state index in [9.17, 15) is 10.2 Å². The quantitative estimate of drug-likeness (QED) is 0.763. The molecule has 4 nitrogen and oxygen atoms in total. The number of hydrogen-bond donors (Lipinski definition) is 2. The van der Waals surface area contributed by atoms with Crippen molar-refractivity contribution in [3.05, 3.63) is 29.8 Å². The number of ether oxygens (including phenoxy) is 2. The summed E-state index contributed by atoms with van der Waals surface area (Å²) in [6, 6.07) is 7.22. The SMILES string of the molecule is COCC(O)COc1ccccc1[C@H](C)O. The van der Waals surface area contributed by atoms with Crippen LogP contribution < -0.4 is 4.74 Å². The van der Waals surface area contributed by atoms with Crippen molar-refractivity contribution in [1.29, 1.82) is 0 Å². The maximum Gasteiger partial charge on any atom is 0.125 e. The van der Waals surface area contributed by atoms with Crippen LogP contribution in [0.1, 0.15) is 18.6 Å². The molecule has 1 aromatic carbocycles. The van der Waals surface area contributed by atoms with E-state index in [0.717, 1.165) is 0 Å². The Morgan fingerprint density at radius 3 is 2.50 bits per heavy atom. The Morgan fingerprint density at radius 1 is 1.19 bits per heavy atom. The lowest BCUT2D eigenvalue weighted by molar-refractivity contribution is 0.0316. The minimum absolute atomic E-state index is 0.150. The first-order valence-corrected chi connectivity index (χ1v) is 5.22. The largest absolute Gasteiger partial charge is 0.490 e. The third kappa shape index (κ3) is 3.81. The van der Waals surface area contributed by atoms with Crippen LogP contribution in [0, 0.1) is 0 Å². The third-order valence-corrected chi connectivity index (χ3v) is 2.16. The molecule has 0 saturated heterocycles. The summed E-state index contributed by atoms with van der Waals surface area (Å²) < 4.78 is 10.2. The zero-order valence-electron chi connectivity index (χ0n) is 9.59. The van der Waals surface area contributed by atoms with Crippen molar-refractivity contribution in [3.63, 3.8) is 0 Å². The summed E-state index contributed by atoms with van der Waals surface area (Å²) in [6.45, 7) is 2.06. The molecular weight excluding hydrogens is 208 g/mol. The van der Waals surface area contributed by atoms with Crippen LogP contribution in [-0.4, -0.2) is 36.6 Å². The summed E-state index contributed by atoms with van der Waals surface area (Å²) in [5.41, 5.74) is 0.715. The first kappa shape index (κ1) is 13.0. The van der Waals surface area contributed by atoms with Gasteiger partial charge in [-0.15, -0.1) is 0 Å². The molecule has 1 unspecified atom stereocenters. The van der Waals surface area contributed by atoms with Gasteiger partial charge in [0, 0.05) is 12.7 Å². The van der Waals surface area contributed by atoms with Gasteiger partial charge in [-0.3, -0.25) is 0 Å². The molecule has 90 valence electrons. The molecule has 0 radical (unpaired) electrons. The Bertz CT molecular complexity index is 312. The number of benzene rings is 1. The molecule has 1 aromatic rings. The fraction of sp³-hybridized carbons (Fsp3) is 0.500. The predicted molar refractivity (Wildman–Crippen MR) is 60.5 cm³/mol. The number of aliphatic hydroxyl groups excluding tert-OH is 2. The lowest BCUT2D eigenvalue weighted by Crippen LogP contribution is -2.23.